The van der Waals surface area contributed by atoms with Gasteiger partial charge in [0.25, 0.3) is 0 Å². The first-order valence-corrected chi connectivity index (χ1v) is 15.3. The average Bonchev–Trinajstić information content (AvgIpc) is 3.33. The number of thiophene rings is 1. The molecule has 0 saturated heterocycles. The predicted molar refractivity (Wildman–Crippen MR) is 171 cm³/mol. The number of aliphatic hydroxyl groups is 1. The number of ether oxygens (including phenoxy) is 1. The topological polar surface area (TPSA) is 46.2 Å². The lowest BCUT2D eigenvalue weighted by molar-refractivity contribution is -0.712. The first kappa shape index (κ1) is 27.6. The van der Waals surface area contributed by atoms with Gasteiger partial charge >= 0.3 is 0 Å². The monoisotopic (exact) mass is 563 g/mol. The summed E-state index contributed by atoms with van der Waals surface area (Å²) in [6.45, 7) is 15.9. The summed E-state index contributed by atoms with van der Waals surface area (Å²) in [5.41, 5.74) is 7.05. The van der Waals surface area contributed by atoms with Crippen molar-refractivity contribution in [3.8, 4) is 22.4 Å². The molecule has 1 N–H and O–H groups in total. The summed E-state index contributed by atoms with van der Waals surface area (Å²) in [6.07, 6.45) is 5.09. The van der Waals surface area contributed by atoms with Crippen LogP contribution in [-0.2, 0) is 16.6 Å². The minimum atomic E-state index is -0.341. The maximum absolute atomic E-state index is 11.0. The van der Waals surface area contributed by atoms with Gasteiger partial charge in [0.1, 0.15) is 4.83 Å². The van der Waals surface area contributed by atoms with Crippen molar-refractivity contribution in [2.24, 2.45) is 5.92 Å². The van der Waals surface area contributed by atoms with Crippen molar-refractivity contribution >= 4 is 32.3 Å². The molecule has 5 heteroatoms. The first-order valence-electron chi connectivity index (χ1n) is 14.4. The standard InChI is InChI=1S/C36H38N2O2S/c1-21(2)16-24-18-28-25(12-14-37-35(28)41-24)23-13-15-38-32(17-23)29-19-31(36(4,5)6)26-10-8-9-11-27(26)33(29)30(20-40-7)34(38)22(3)39/h8-15,17-19,21,30,34H,3,16,20H2,1-2,4-7H3/p+1. The zero-order chi connectivity index (χ0) is 29.1. The zero-order valence-electron chi connectivity index (χ0n) is 24.9. The molecule has 2 atom stereocenters. The van der Waals surface area contributed by atoms with Crippen LogP contribution in [0.25, 0.3) is 43.4 Å². The second kappa shape index (κ2) is 10.4. The Hall–Kier alpha value is -3.54. The fourth-order valence-corrected chi connectivity index (χ4v) is 7.84. The van der Waals surface area contributed by atoms with Gasteiger partial charge in [-0.15, -0.1) is 11.3 Å². The molecule has 1 aliphatic rings. The SMILES string of the molecule is C=C(O)C1C(COC)c2c(cc(C(C)(C)C)c3ccccc23)-c2cc(-c3ccnc4sc(CC(C)C)cc34)cc[n+]21. The number of rotatable bonds is 6. The van der Waals surface area contributed by atoms with E-state index >= 15 is 0 Å². The number of allylic oxidation sites excluding steroid dienone is 1. The van der Waals surface area contributed by atoms with E-state index in [1.165, 1.54) is 43.3 Å². The second-order valence-electron chi connectivity index (χ2n) is 12.8. The maximum atomic E-state index is 11.0. The third-order valence-electron chi connectivity index (χ3n) is 8.30. The summed E-state index contributed by atoms with van der Waals surface area (Å²) in [5, 5.41) is 14.7. The molecule has 2 aromatic carbocycles. The zero-order valence-corrected chi connectivity index (χ0v) is 25.7. The highest BCUT2D eigenvalue weighted by molar-refractivity contribution is 7.18. The Labute approximate surface area is 247 Å². The van der Waals surface area contributed by atoms with Crippen LogP contribution in [0.2, 0.25) is 0 Å². The molecular weight excluding hydrogens is 524 g/mol. The molecule has 4 heterocycles. The van der Waals surface area contributed by atoms with Crippen LogP contribution in [0.15, 0.2) is 79.3 Å². The van der Waals surface area contributed by atoms with E-state index in [1.54, 1.807) is 18.4 Å². The highest BCUT2D eigenvalue weighted by Gasteiger charge is 2.44. The van der Waals surface area contributed by atoms with Crippen molar-refractivity contribution in [3.63, 3.8) is 0 Å². The number of pyridine rings is 2. The number of hydrogen-bond donors (Lipinski definition) is 1. The van der Waals surface area contributed by atoms with Crippen LogP contribution < -0.4 is 4.57 Å². The van der Waals surface area contributed by atoms with Crippen LogP contribution in [0, 0.1) is 5.92 Å². The molecule has 0 saturated carbocycles. The molecule has 5 aromatic rings. The smallest absolute Gasteiger partial charge is 0.223 e. The van der Waals surface area contributed by atoms with Gasteiger partial charge in [-0.05, 0) is 69.0 Å². The van der Waals surface area contributed by atoms with Crippen molar-refractivity contribution in [2.75, 3.05) is 13.7 Å². The summed E-state index contributed by atoms with van der Waals surface area (Å²) in [7, 11) is 1.73. The van der Waals surface area contributed by atoms with E-state index < -0.39 is 0 Å². The Kier molecular flexibility index (Phi) is 6.99. The lowest BCUT2D eigenvalue weighted by Gasteiger charge is -2.33. The number of aromatic nitrogens is 2. The fourth-order valence-electron chi connectivity index (χ4n) is 6.61. The lowest BCUT2D eigenvalue weighted by atomic mass is 9.75. The van der Waals surface area contributed by atoms with E-state index in [4.69, 9.17) is 9.72 Å². The summed E-state index contributed by atoms with van der Waals surface area (Å²) in [5.74, 6) is 0.652. The highest BCUT2D eigenvalue weighted by Crippen LogP contribution is 2.47. The van der Waals surface area contributed by atoms with E-state index in [9.17, 15) is 5.11 Å². The van der Waals surface area contributed by atoms with Crippen molar-refractivity contribution in [3.05, 3.63) is 95.3 Å². The van der Waals surface area contributed by atoms with Crippen LogP contribution in [0.3, 0.4) is 0 Å². The van der Waals surface area contributed by atoms with Crippen molar-refractivity contribution < 1.29 is 14.4 Å². The molecule has 2 unspecified atom stereocenters. The molecule has 0 amide bonds. The Morgan fingerprint density at radius 2 is 1.80 bits per heavy atom. The normalized spacial score (nSPS) is 16.8. The van der Waals surface area contributed by atoms with E-state index in [2.05, 4.69) is 107 Å². The Morgan fingerprint density at radius 3 is 2.49 bits per heavy atom. The van der Waals surface area contributed by atoms with E-state index in [-0.39, 0.29) is 23.1 Å². The molecule has 41 heavy (non-hydrogen) atoms. The number of benzene rings is 2. The van der Waals surface area contributed by atoms with Crippen LogP contribution in [-0.4, -0.2) is 23.8 Å². The van der Waals surface area contributed by atoms with Gasteiger partial charge in [-0.1, -0.05) is 65.5 Å². The van der Waals surface area contributed by atoms with Gasteiger partial charge in [0.05, 0.1) is 18.1 Å². The van der Waals surface area contributed by atoms with Crippen molar-refractivity contribution in [1.29, 1.82) is 0 Å². The van der Waals surface area contributed by atoms with Crippen LogP contribution in [0.4, 0.5) is 0 Å². The van der Waals surface area contributed by atoms with E-state index in [1.807, 2.05) is 6.20 Å². The van der Waals surface area contributed by atoms with Gasteiger partial charge in [-0.3, -0.25) is 0 Å². The molecule has 0 fully saturated rings. The summed E-state index contributed by atoms with van der Waals surface area (Å²) in [6, 6.07) is 19.6. The summed E-state index contributed by atoms with van der Waals surface area (Å²) >= 11 is 1.79. The van der Waals surface area contributed by atoms with Gasteiger partial charge in [0.15, 0.2) is 12.0 Å². The fraction of sp³-hybridized carbons (Fsp3) is 0.333. The third kappa shape index (κ3) is 4.75. The molecule has 0 aliphatic carbocycles. The Bertz CT molecular complexity index is 1790. The molecule has 1 aliphatic heterocycles. The van der Waals surface area contributed by atoms with Crippen LogP contribution in [0.5, 0.6) is 0 Å². The molecule has 210 valence electrons. The predicted octanol–water partition coefficient (Wildman–Crippen LogP) is 8.92. The number of methoxy groups -OCH3 is 1. The van der Waals surface area contributed by atoms with Gasteiger partial charge in [-0.2, -0.15) is 4.57 Å². The quantitative estimate of drug-likeness (QED) is 0.166. The Balaban J connectivity index is 1.65. The van der Waals surface area contributed by atoms with Gasteiger partial charge < -0.3 is 9.84 Å². The second-order valence-corrected chi connectivity index (χ2v) is 13.9. The molecule has 3 aromatic heterocycles. The molecular formula is C36H39N2O2S+. The van der Waals surface area contributed by atoms with Gasteiger partial charge in [0, 0.05) is 35.7 Å². The number of aliphatic hydroxyl groups excluding tert-OH is 1. The number of hydrogen-bond acceptors (Lipinski definition) is 4. The molecule has 0 spiro atoms. The highest BCUT2D eigenvalue weighted by atomic mass is 32.1. The summed E-state index contributed by atoms with van der Waals surface area (Å²) in [4.78, 5) is 7.16. The number of nitrogens with zero attached hydrogens (tertiary/aromatic N) is 2. The largest absolute Gasteiger partial charge is 0.506 e. The maximum Gasteiger partial charge on any atom is 0.223 e. The minimum absolute atomic E-state index is 0.0496. The molecule has 6 rings (SSSR count). The van der Waals surface area contributed by atoms with E-state index in [0.29, 0.717) is 12.5 Å². The average molecular weight is 564 g/mol. The lowest BCUT2D eigenvalue weighted by Crippen LogP contribution is -2.49. The molecule has 4 nitrogen and oxygen atoms in total. The third-order valence-corrected chi connectivity index (χ3v) is 9.37. The minimum Gasteiger partial charge on any atom is -0.506 e. The van der Waals surface area contributed by atoms with Crippen LogP contribution in [0.1, 0.15) is 62.6 Å². The molecule has 0 radical (unpaired) electrons. The van der Waals surface area contributed by atoms with E-state index in [0.717, 1.165) is 22.5 Å². The van der Waals surface area contributed by atoms with Crippen molar-refractivity contribution in [2.45, 2.75) is 58.4 Å². The van der Waals surface area contributed by atoms with Gasteiger partial charge in [0.2, 0.25) is 11.7 Å². The van der Waals surface area contributed by atoms with Crippen molar-refractivity contribution in [1.82, 2.24) is 4.98 Å². The Morgan fingerprint density at radius 1 is 1.05 bits per heavy atom. The summed E-state index contributed by atoms with van der Waals surface area (Å²) < 4.78 is 7.97. The molecule has 0 bridgehead atoms. The van der Waals surface area contributed by atoms with Gasteiger partial charge in [-0.25, -0.2) is 4.98 Å². The van der Waals surface area contributed by atoms with Crippen LogP contribution >= 0.6 is 11.3 Å². The number of fused-ring (bicyclic) bond motifs is 6. The first-order chi connectivity index (χ1) is 19.6.